The largest absolute Gasteiger partial charge is 0.396 e. The number of para-hydroxylation sites is 1. The number of rotatable bonds is 7. The zero-order valence-corrected chi connectivity index (χ0v) is 17.8. The predicted molar refractivity (Wildman–Crippen MR) is 123 cm³/mol. The summed E-state index contributed by atoms with van der Waals surface area (Å²) >= 11 is 0. The number of aromatic amines is 1. The van der Waals surface area contributed by atoms with Crippen LogP contribution in [0.4, 0.5) is 0 Å². The molecule has 6 heteroatoms. The van der Waals surface area contributed by atoms with E-state index < -0.39 is 0 Å². The van der Waals surface area contributed by atoms with E-state index in [-0.39, 0.29) is 36.5 Å². The topological polar surface area (TPSA) is 72.4 Å². The summed E-state index contributed by atoms with van der Waals surface area (Å²) in [6.45, 7) is 4.12. The average Bonchev–Trinajstić information content (AvgIpc) is 3.10. The number of fused-ring (bicyclic) bond motifs is 1. The summed E-state index contributed by atoms with van der Waals surface area (Å²) in [5, 5.41) is 17.5. The molecule has 0 saturated carbocycles. The molecule has 0 bridgehead atoms. The Kier molecular flexibility index (Phi) is 8.60. The zero-order chi connectivity index (χ0) is 18.2. The predicted octanol–water partition coefficient (Wildman–Crippen LogP) is 3.62. The van der Waals surface area contributed by atoms with Gasteiger partial charge in [-0.05, 0) is 30.0 Å². The number of aliphatic imine (C=N–C) groups is 1. The molecular weight excluding hydrogens is 451 g/mol. The van der Waals surface area contributed by atoms with E-state index in [1.54, 1.807) is 0 Å². The molecule has 0 spiro atoms. The summed E-state index contributed by atoms with van der Waals surface area (Å²) in [4.78, 5) is 8.05. The third-order valence-electron chi connectivity index (χ3n) is 4.34. The molecule has 3 rings (SSSR count). The van der Waals surface area contributed by atoms with Gasteiger partial charge in [0.15, 0.2) is 5.96 Å². The maximum Gasteiger partial charge on any atom is 0.191 e. The van der Waals surface area contributed by atoms with Gasteiger partial charge in [-0.2, -0.15) is 0 Å². The normalized spacial score (nSPS) is 12.4. The first-order chi connectivity index (χ1) is 12.8. The summed E-state index contributed by atoms with van der Waals surface area (Å²) in [5.74, 6) is 0.786. The van der Waals surface area contributed by atoms with Gasteiger partial charge in [0, 0.05) is 30.2 Å². The number of hydrogen-bond donors (Lipinski definition) is 4. The summed E-state index contributed by atoms with van der Waals surface area (Å²) in [5.41, 5.74) is 3.32. The summed E-state index contributed by atoms with van der Waals surface area (Å²) < 4.78 is 0. The smallest absolute Gasteiger partial charge is 0.191 e. The van der Waals surface area contributed by atoms with Gasteiger partial charge in [-0.3, -0.25) is 0 Å². The highest BCUT2D eigenvalue weighted by Crippen LogP contribution is 2.15. The highest BCUT2D eigenvalue weighted by Gasteiger charge is 2.11. The van der Waals surface area contributed by atoms with Crippen molar-refractivity contribution in [2.75, 3.05) is 19.7 Å². The van der Waals surface area contributed by atoms with Crippen molar-refractivity contribution in [1.29, 1.82) is 0 Å². The van der Waals surface area contributed by atoms with Crippen molar-refractivity contribution in [1.82, 2.24) is 15.6 Å². The Balaban J connectivity index is 0.00000261. The summed E-state index contributed by atoms with van der Waals surface area (Å²) in [7, 11) is 0. The SMILES string of the molecule is CCNC(=NCc1cc2ccccc2[nH]1)NCC(CO)c1ccccc1.I. The van der Waals surface area contributed by atoms with Crippen LogP contribution in [0.1, 0.15) is 24.1 Å². The molecule has 0 radical (unpaired) electrons. The molecule has 1 atom stereocenters. The molecule has 4 N–H and O–H groups in total. The van der Waals surface area contributed by atoms with Crippen LogP contribution in [-0.4, -0.2) is 35.7 Å². The zero-order valence-electron chi connectivity index (χ0n) is 15.5. The van der Waals surface area contributed by atoms with Crippen LogP contribution in [-0.2, 0) is 6.54 Å². The van der Waals surface area contributed by atoms with E-state index in [2.05, 4.69) is 38.8 Å². The minimum Gasteiger partial charge on any atom is -0.396 e. The standard InChI is InChI=1S/C21H26N4O.HI/c1-2-22-21(23-13-18(15-26)16-8-4-3-5-9-16)24-14-19-12-17-10-6-7-11-20(17)25-19;/h3-12,18,25-26H,2,13-15H2,1H3,(H2,22,23,24);1H. The number of aliphatic hydroxyl groups excluding tert-OH is 1. The van der Waals surface area contributed by atoms with Gasteiger partial charge in [-0.15, -0.1) is 24.0 Å². The average molecular weight is 478 g/mol. The number of hydrogen-bond acceptors (Lipinski definition) is 2. The molecule has 0 aliphatic rings. The van der Waals surface area contributed by atoms with Gasteiger partial charge in [0.05, 0.1) is 13.2 Å². The molecule has 0 fully saturated rings. The monoisotopic (exact) mass is 478 g/mol. The van der Waals surface area contributed by atoms with Crippen LogP contribution >= 0.6 is 24.0 Å². The van der Waals surface area contributed by atoms with Crippen molar-refractivity contribution in [2.24, 2.45) is 4.99 Å². The minimum atomic E-state index is 0. The summed E-state index contributed by atoms with van der Waals surface area (Å²) in [6.07, 6.45) is 0. The molecule has 0 aliphatic carbocycles. The van der Waals surface area contributed by atoms with Crippen molar-refractivity contribution >= 4 is 40.8 Å². The second-order valence-corrected chi connectivity index (χ2v) is 6.25. The fourth-order valence-corrected chi connectivity index (χ4v) is 2.96. The fourth-order valence-electron chi connectivity index (χ4n) is 2.96. The molecule has 2 aromatic carbocycles. The van der Waals surface area contributed by atoms with E-state index in [1.807, 2.05) is 49.4 Å². The van der Waals surface area contributed by atoms with Crippen molar-refractivity contribution in [3.63, 3.8) is 0 Å². The molecule has 1 aromatic heterocycles. The molecule has 144 valence electrons. The van der Waals surface area contributed by atoms with E-state index in [0.717, 1.165) is 29.3 Å². The fraction of sp³-hybridized carbons (Fsp3) is 0.286. The Morgan fingerprint density at radius 3 is 2.52 bits per heavy atom. The van der Waals surface area contributed by atoms with E-state index in [4.69, 9.17) is 0 Å². The summed E-state index contributed by atoms with van der Waals surface area (Å²) in [6, 6.07) is 20.4. The Morgan fingerprint density at radius 1 is 1.07 bits per heavy atom. The van der Waals surface area contributed by atoms with Gasteiger partial charge < -0.3 is 20.7 Å². The van der Waals surface area contributed by atoms with Gasteiger partial charge in [0.1, 0.15) is 0 Å². The lowest BCUT2D eigenvalue weighted by Gasteiger charge is -2.18. The number of aliphatic hydroxyl groups is 1. The van der Waals surface area contributed by atoms with Crippen LogP contribution < -0.4 is 10.6 Å². The van der Waals surface area contributed by atoms with E-state index >= 15 is 0 Å². The van der Waals surface area contributed by atoms with Gasteiger partial charge >= 0.3 is 0 Å². The van der Waals surface area contributed by atoms with Gasteiger partial charge in [-0.1, -0.05) is 48.5 Å². The lowest BCUT2D eigenvalue weighted by Crippen LogP contribution is -2.39. The highest BCUT2D eigenvalue weighted by atomic mass is 127. The van der Waals surface area contributed by atoms with Gasteiger partial charge in [-0.25, -0.2) is 4.99 Å². The molecule has 0 aliphatic heterocycles. The van der Waals surface area contributed by atoms with Crippen LogP contribution in [0.2, 0.25) is 0 Å². The molecule has 0 saturated heterocycles. The third kappa shape index (κ3) is 5.97. The maximum absolute atomic E-state index is 9.71. The molecule has 1 heterocycles. The van der Waals surface area contributed by atoms with Crippen molar-refractivity contribution in [2.45, 2.75) is 19.4 Å². The first-order valence-electron chi connectivity index (χ1n) is 9.04. The second-order valence-electron chi connectivity index (χ2n) is 6.25. The Morgan fingerprint density at radius 2 is 1.81 bits per heavy atom. The maximum atomic E-state index is 9.71. The quantitative estimate of drug-likeness (QED) is 0.238. The first kappa shape index (κ1) is 21.2. The Hall–Kier alpha value is -2.06. The number of benzene rings is 2. The van der Waals surface area contributed by atoms with Crippen molar-refractivity contribution in [3.05, 3.63) is 71.9 Å². The molecule has 0 amide bonds. The number of nitrogens with zero attached hydrogens (tertiary/aromatic N) is 1. The van der Waals surface area contributed by atoms with Crippen molar-refractivity contribution in [3.8, 4) is 0 Å². The lowest BCUT2D eigenvalue weighted by atomic mass is 10.0. The Bertz CT molecular complexity index is 815. The van der Waals surface area contributed by atoms with Gasteiger partial charge in [0.2, 0.25) is 0 Å². The number of guanidine groups is 1. The number of halogens is 1. The van der Waals surface area contributed by atoms with Crippen LogP contribution in [0.3, 0.4) is 0 Å². The van der Waals surface area contributed by atoms with E-state index in [0.29, 0.717) is 13.1 Å². The van der Waals surface area contributed by atoms with Crippen molar-refractivity contribution < 1.29 is 5.11 Å². The molecule has 1 unspecified atom stereocenters. The molecule has 3 aromatic rings. The van der Waals surface area contributed by atoms with Crippen LogP contribution in [0.15, 0.2) is 65.7 Å². The minimum absolute atomic E-state index is 0. The van der Waals surface area contributed by atoms with Gasteiger partial charge in [0.25, 0.3) is 0 Å². The second kappa shape index (κ2) is 10.9. The van der Waals surface area contributed by atoms with Crippen LogP contribution in [0.5, 0.6) is 0 Å². The number of aromatic nitrogens is 1. The first-order valence-corrected chi connectivity index (χ1v) is 9.04. The molecule has 5 nitrogen and oxygen atoms in total. The lowest BCUT2D eigenvalue weighted by molar-refractivity contribution is 0.265. The Labute approximate surface area is 177 Å². The van der Waals surface area contributed by atoms with E-state index in [9.17, 15) is 5.11 Å². The highest BCUT2D eigenvalue weighted by molar-refractivity contribution is 14.0. The van der Waals surface area contributed by atoms with Crippen LogP contribution in [0.25, 0.3) is 10.9 Å². The number of nitrogens with one attached hydrogen (secondary N) is 3. The third-order valence-corrected chi connectivity index (χ3v) is 4.34. The van der Waals surface area contributed by atoms with E-state index in [1.165, 1.54) is 5.39 Å². The molecular formula is C21H27IN4O. The number of H-pyrrole nitrogens is 1. The molecule has 27 heavy (non-hydrogen) atoms. The van der Waals surface area contributed by atoms with Crippen LogP contribution in [0, 0.1) is 0 Å².